The van der Waals surface area contributed by atoms with E-state index in [9.17, 15) is 9.90 Å². The minimum Gasteiger partial charge on any atom is -0.508 e. The van der Waals surface area contributed by atoms with Crippen LogP contribution in [0.2, 0.25) is 0 Å². The summed E-state index contributed by atoms with van der Waals surface area (Å²) in [6.45, 7) is 0.349. The Balaban J connectivity index is 1.65. The molecule has 0 unspecified atom stereocenters. The number of nitrogens with one attached hydrogen (secondary N) is 1. The highest BCUT2D eigenvalue weighted by molar-refractivity contribution is 7.09. The quantitative estimate of drug-likeness (QED) is 0.776. The van der Waals surface area contributed by atoms with Crippen molar-refractivity contribution in [2.24, 2.45) is 0 Å². The van der Waals surface area contributed by atoms with Crippen LogP contribution in [0.15, 0.2) is 52.5 Å². The predicted octanol–water partition coefficient (Wildman–Crippen LogP) is 3.04. The second kappa shape index (κ2) is 5.80. The maximum atomic E-state index is 11.7. The van der Waals surface area contributed by atoms with Crippen molar-refractivity contribution in [1.82, 2.24) is 10.3 Å². The molecule has 3 aromatic rings. The Morgan fingerprint density at radius 2 is 2.10 bits per heavy atom. The number of benzene rings is 1. The average molecular weight is 300 g/mol. The number of nitrogens with zero attached hydrogens (tertiary/aromatic N) is 1. The van der Waals surface area contributed by atoms with E-state index in [-0.39, 0.29) is 17.4 Å². The van der Waals surface area contributed by atoms with Crippen molar-refractivity contribution < 1.29 is 14.3 Å². The van der Waals surface area contributed by atoms with E-state index >= 15 is 0 Å². The van der Waals surface area contributed by atoms with Gasteiger partial charge in [-0.1, -0.05) is 0 Å². The van der Waals surface area contributed by atoms with Gasteiger partial charge in [-0.3, -0.25) is 4.79 Å². The van der Waals surface area contributed by atoms with E-state index in [1.165, 1.54) is 17.6 Å². The Hall–Kier alpha value is -2.60. The summed E-state index contributed by atoms with van der Waals surface area (Å²) in [5.74, 6) is 0.242. The van der Waals surface area contributed by atoms with Gasteiger partial charge in [-0.2, -0.15) is 0 Å². The molecule has 1 amide bonds. The fourth-order valence-corrected chi connectivity index (χ4v) is 2.55. The van der Waals surface area contributed by atoms with Gasteiger partial charge in [-0.05, 0) is 36.4 Å². The second-order valence-corrected chi connectivity index (χ2v) is 5.28. The van der Waals surface area contributed by atoms with E-state index in [4.69, 9.17) is 4.42 Å². The molecule has 3 rings (SSSR count). The number of aromatic nitrogens is 1. The van der Waals surface area contributed by atoms with Crippen LogP contribution in [0.5, 0.6) is 5.75 Å². The Bertz CT molecular complexity index is 733. The zero-order chi connectivity index (χ0) is 14.7. The molecule has 0 aliphatic heterocycles. The number of phenolic OH excluding ortho intramolecular Hbond substituents is 1. The molecule has 1 aromatic carbocycles. The van der Waals surface area contributed by atoms with Crippen molar-refractivity contribution in [2.45, 2.75) is 6.54 Å². The minimum absolute atomic E-state index is 0.222. The van der Waals surface area contributed by atoms with Gasteiger partial charge in [0, 0.05) is 10.9 Å². The smallest absolute Gasteiger partial charge is 0.287 e. The number of phenols is 1. The van der Waals surface area contributed by atoms with E-state index in [1.807, 2.05) is 5.38 Å². The van der Waals surface area contributed by atoms with E-state index < -0.39 is 0 Å². The molecule has 0 aliphatic carbocycles. The molecule has 0 saturated heterocycles. The van der Waals surface area contributed by atoms with Crippen LogP contribution >= 0.6 is 11.3 Å². The highest BCUT2D eigenvalue weighted by atomic mass is 32.1. The number of amides is 1. The van der Waals surface area contributed by atoms with Crippen LogP contribution in [-0.2, 0) is 6.54 Å². The topological polar surface area (TPSA) is 75.4 Å². The first-order valence-electron chi connectivity index (χ1n) is 6.28. The molecule has 0 saturated carbocycles. The summed E-state index contributed by atoms with van der Waals surface area (Å²) in [7, 11) is 0. The number of furan rings is 1. The van der Waals surface area contributed by atoms with Gasteiger partial charge in [0.1, 0.15) is 10.8 Å². The lowest BCUT2D eigenvalue weighted by Gasteiger charge is -2.00. The van der Waals surface area contributed by atoms with Gasteiger partial charge in [-0.15, -0.1) is 11.3 Å². The molecule has 21 heavy (non-hydrogen) atoms. The van der Waals surface area contributed by atoms with Crippen LogP contribution in [-0.4, -0.2) is 16.0 Å². The third kappa shape index (κ3) is 3.11. The van der Waals surface area contributed by atoms with E-state index in [2.05, 4.69) is 10.3 Å². The molecule has 2 heterocycles. The highest BCUT2D eigenvalue weighted by Crippen LogP contribution is 2.23. The molecule has 0 bridgehead atoms. The predicted molar refractivity (Wildman–Crippen MR) is 79.1 cm³/mol. The van der Waals surface area contributed by atoms with Crippen LogP contribution in [0, 0.1) is 0 Å². The summed E-state index contributed by atoms with van der Waals surface area (Å²) < 4.78 is 5.02. The van der Waals surface area contributed by atoms with Gasteiger partial charge in [0.15, 0.2) is 5.76 Å². The Kier molecular flexibility index (Phi) is 3.70. The molecule has 6 heteroatoms. The Labute approximate surface area is 124 Å². The van der Waals surface area contributed by atoms with Crippen molar-refractivity contribution in [2.75, 3.05) is 0 Å². The number of carbonyl (C=O) groups excluding carboxylic acids is 1. The number of aromatic hydroxyl groups is 1. The Morgan fingerprint density at radius 1 is 1.29 bits per heavy atom. The highest BCUT2D eigenvalue weighted by Gasteiger charge is 2.10. The van der Waals surface area contributed by atoms with Crippen LogP contribution in [0.3, 0.4) is 0 Å². The first kappa shape index (κ1) is 13.4. The third-order valence-electron chi connectivity index (χ3n) is 2.86. The van der Waals surface area contributed by atoms with Gasteiger partial charge >= 0.3 is 0 Å². The normalized spacial score (nSPS) is 10.5. The second-order valence-electron chi connectivity index (χ2n) is 4.33. The van der Waals surface area contributed by atoms with Crippen LogP contribution in [0.25, 0.3) is 11.3 Å². The van der Waals surface area contributed by atoms with E-state index in [0.29, 0.717) is 6.54 Å². The average Bonchev–Trinajstić information content (AvgIpc) is 3.17. The van der Waals surface area contributed by atoms with Gasteiger partial charge < -0.3 is 14.8 Å². The van der Waals surface area contributed by atoms with Gasteiger partial charge in [0.05, 0.1) is 18.5 Å². The van der Waals surface area contributed by atoms with Crippen molar-refractivity contribution in [3.63, 3.8) is 0 Å². The molecule has 106 valence electrons. The summed E-state index contributed by atoms with van der Waals surface area (Å²) in [5.41, 5.74) is 1.75. The molecule has 5 nitrogen and oxygen atoms in total. The first-order chi connectivity index (χ1) is 10.2. The molecule has 0 fully saturated rings. The molecular formula is C15H12N2O3S. The molecule has 0 spiro atoms. The lowest BCUT2D eigenvalue weighted by molar-refractivity contribution is 0.0923. The standard InChI is InChI=1S/C15H12N2O3S/c18-11-5-3-10(4-6-11)12-9-21-14(17-12)8-16-15(19)13-2-1-7-20-13/h1-7,9,18H,8H2,(H,16,19). The summed E-state index contributed by atoms with van der Waals surface area (Å²) in [6, 6.07) is 10.1. The molecular weight excluding hydrogens is 288 g/mol. The van der Waals surface area contributed by atoms with E-state index in [1.54, 1.807) is 36.4 Å². The molecule has 0 radical (unpaired) electrons. The number of carbonyl (C=O) groups is 1. The Morgan fingerprint density at radius 3 is 2.81 bits per heavy atom. The van der Waals surface area contributed by atoms with Crippen molar-refractivity contribution in [1.29, 1.82) is 0 Å². The third-order valence-corrected chi connectivity index (χ3v) is 3.71. The van der Waals surface area contributed by atoms with E-state index in [0.717, 1.165) is 16.3 Å². The van der Waals surface area contributed by atoms with Crippen molar-refractivity contribution in [3.05, 3.63) is 58.8 Å². The zero-order valence-electron chi connectivity index (χ0n) is 10.9. The summed E-state index contributed by atoms with van der Waals surface area (Å²) >= 11 is 1.47. The number of rotatable bonds is 4. The monoisotopic (exact) mass is 300 g/mol. The fourth-order valence-electron chi connectivity index (χ4n) is 1.81. The van der Waals surface area contributed by atoms with Crippen molar-refractivity contribution in [3.8, 4) is 17.0 Å². The summed E-state index contributed by atoms with van der Waals surface area (Å²) in [5, 5.41) is 14.7. The maximum absolute atomic E-state index is 11.7. The zero-order valence-corrected chi connectivity index (χ0v) is 11.8. The van der Waals surface area contributed by atoms with Crippen molar-refractivity contribution >= 4 is 17.2 Å². The SMILES string of the molecule is O=C(NCc1nc(-c2ccc(O)cc2)cs1)c1ccco1. The van der Waals surface area contributed by atoms with Crippen LogP contribution in [0.4, 0.5) is 0 Å². The maximum Gasteiger partial charge on any atom is 0.287 e. The minimum atomic E-state index is -0.263. The summed E-state index contributed by atoms with van der Waals surface area (Å²) in [4.78, 5) is 16.2. The molecule has 2 N–H and O–H groups in total. The first-order valence-corrected chi connectivity index (χ1v) is 7.16. The number of hydrogen-bond donors (Lipinski definition) is 2. The molecule has 0 aliphatic rings. The fraction of sp³-hybridized carbons (Fsp3) is 0.0667. The van der Waals surface area contributed by atoms with Gasteiger partial charge in [0.25, 0.3) is 5.91 Å². The van der Waals surface area contributed by atoms with Crippen LogP contribution in [0.1, 0.15) is 15.6 Å². The van der Waals surface area contributed by atoms with Gasteiger partial charge in [-0.25, -0.2) is 4.98 Å². The number of hydrogen-bond acceptors (Lipinski definition) is 5. The molecule has 2 aromatic heterocycles. The molecule has 0 atom stereocenters. The van der Waals surface area contributed by atoms with Crippen LogP contribution < -0.4 is 5.32 Å². The number of thiazole rings is 1. The summed E-state index contributed by atoms with van der Waals surface area (Å²) in [6.07, 6.45) is 1.46. The largest absolute Gasteiger partial charge is 0.508 e. The lowest BCUT2D eigenvalue weighted by Crippen LogP contribution is -2.22. The lowest BCUT2D eigenvalue weighted by atomic mass is 10.2. The van der Waals surface area contributed by atoms with Gasteiger partial charge in [0.2, 0.25) is 0 Å².